The second-order valence-corrected chi connectivity index (χ2v) is 7.30. The molecule has 26 heavy (non-hydrogen) atoms. The second-order valence-electron chi connectivity index (χ2n) is 7.30. The minimum Gasteiger partial charge on any atom is -0.355 e. The fourth-order valence-electron chi connectivity index (χ4n) is 3.20. The van der Waals surface area contributed by atoms with Crippen LogP contribution in [0, 0.1) is 0 Å². The molecule has 1 aliphatic rings. The summed E-state index contributed by atoms with van der Waals surface area (Å²) in [5.74, 6) is 0.790. The first kappa shape index (κ1) is 25.4. The summed E-state index contributed by atoms with van der Waals surface area (Å²) in [7, 11) is 3.53. The normalized spacial score (nSPS) is 19.0. The molecule has 2 N–H and O–H groups in total. The lowest BCUT2D eigenvalue weighted by Gasteiger charge is -2.25. The van der Waals surface area contributed by atoms with Crippen molar-refractivity contribution in [3.63, 3.8) is 0 Å². The number of carbonyl (C=O) groups excluding carboxylic acids is 1. The van der Waals surface area contributed by atoms with Crippen LogP contribution >= 0.6 is 24.0 Å². The summed E-state index contributed by atoms with van der Waals surface area (Å²) in [5, 5.41) is 6.94. The molecular weight excluding hydrogens is 441 g/mol. The number of carbonyl (C=O) groups is 1. The van der Waals surface area contributed by atoms with E-state index < -0.39 is 0 Å². The summed E-state index contributed by atoms with van der Waals surface area (Å²) in [6.45, 7) is 9.99. The van der Waals surface area contributed by atoms with E-state index in [2.05, 4.69) is 41.3 Å². The van der Waals surface area contributed by atoms with Gasteiger partial charge < -0.3 is 15.5 Å². The number of aliphatic imine (C=N–C) groups is 1. The molecule has 1 saturated heterocycles. The second kappa shape index (κ2) is 14.5. The molecule has 0 aromatic heterocycles. The van der Waals surface area contributed by atoms with Gasteiger partial charge in [0.15, 0.2) is 5.96 Å². The van der Waals surface area contributed by atoms with E-state index in [4.69, 9.17) is 0 Å². The number of halogens is 1. The molecule has 6 nitrogen and oxygen atoms in total. The van der Waals surface area contributed by atoms with Crippen molar-refractivity contribution in [3.05, 3.63) is 0 Å². The highest BCUT2D eigenvalue weighted by atomic mass is 127. The van der Waals surface area contributed by atoms with Crippen molar-refractivity contribution in [1.82, 2.24) is 20.4 Å². The Morgan fingerprint density at radius 1 is 1.31 bits per heavy atom. The molecule has 0 radical (unpaired) electrons. The Hall–Kier alpha value is -0.570. The van der Waals surface area contributed by atoms with E-state index in [1.54, 1.807) is 19.0 Å². The summed E-state index contributed by atoms with van der Waals surface area (Å²) in [5.41, 5.74) is 0. The molecule has 154 valence electrons. The highest BCUT2D eigenvalue weighted by Gasteiger charge is 2.23. The Morgan fingerprint density at radius 3 is 2.65 bits per heavy atom. The standard InChI is InChI=1S/C19H39N5O.HI/c1-6-8-9-11-16(3)22-19(21-15-18(25)23(4)5)20-14-17-12-10-13-24(17)7-2;/h16-17H,6-15H2,1-5H3,(H2,20,21,22);1H. The number of nitrogens with one attached hydrogen (secondary N) is 2. The molecule has 1 fully saturated rings. The van der Waals surface area contributed by atoms with Gasteiger partial charge in [-0.05, 0) is 39.3 Å². The van der Waals surface area contributed by atoms with Crippen molar-refractivity contribution in [2.45, 2.75) is 71.4 Å². The molecule has 1 heterocycles. The van der Waals surface area contributed by atoms with Crippen LogP contribution in [-0.4, -0.2) is 74.0 Å². The van der Waals surface area contributed by atoms with E-state index in [9.17, 15) is 4.79 Å². The largest absolute Gasteiger partial charge is 0.355 e. The van der Waals surface area contributed by atoms with Crippen LogP contribution in [0.3, 0.4) is 0 Å². The van der Waals surface area contributed by atoms with E-state index in [-0.39, 0.29) is 36.4 Å². The molecule has 0 saturated carbocycles. The van der Waals surface area contributed by atoms with Gasteiger partial charge >= 0.3 is 0 Å². The number of nitrogens with zero attached hydrogens (tertiary/aromatic N) is 3. The van der Waals surface area contributed by atoms with E-state index >= 15 is 0 Å². The van der Waals surface area contributed by atoms with E-state index in [0.29, 0.717) is 12.1 Å². The van der Waals surface area contributed by atoms with Crippen molar-refractivity contribution in [2.24, 2.45) is 4.99 Å². The van der Waals surface area contributed by atoms with Crippen LogP contribution in [0.4, 0.5) is 0 Å². The third-order valence-corrected chi connectivity index (χ3v) is 4.91. The number of guanidine groups is 1. The zero-order chi connectivity index (χ0) is 18.7. The lowest BCUT2D eigenvalue weighted by Crippen LogP contribution is -2.47. The Balaban J connectivity index is 0.00000625. The van der Waals surface area contributed by atoms with Crippen molar-refractivity contribution in [2.75, 3.05) is 40.3 Å². The van der Waals surface area contributed by atoms with Gasteiger partial charge in [0.2, 0.25) is 5.91 Å². The molecular formula is C19H40IN5O. The van der Waals surface area contributed by atoms with Gasteiger partial charge in [0.25, 0.3) is 0 Å². The van der Waals surface area contributed by atoms with E-state index in [1.807, 2.05) is 0 Å². The van der Waals surface area contributed by atoms with Gasteiger partial charge in [-0.15, -0.1) is 24.0 Å². The highest BCUT2D eigenvalue weighted by Crippen LogP contribution is 2.15. The Kier molecular flexibility index (Phi) is 14.2. The summed E-state index contributed by atoms with van der Waals surface area (Å²) >= 11 is 0. The van der Waals surface area contributed by atoms with Crippen molar-refractivity contribution in [1.29, 1.82) is 0 Å². The molecule has 0 aromatic rings. The average Bonchev–Trinajstić information content (AvgIpc) is 3.04. The average molecular weight is 481 g/mol. The van der Waals surface area contributed by atoms with Gasteiger partial charge in [0, 0.05) is 32.7 Å². The molecule has 1 amide bonds. The van der Waals surface area contributed by atoms with Crippen molar-refractivity contribution in [3.8, 4) is 0 Å². The van der Waals surface area contributed by atoms with Gasteiger partial charge in [-0.1, -0.05) is 33.1 Å². The van der Waals surface area contributed by atoms with Crippen LogP contribution in [-0.2, 0) is 4.79 Å². The molecule has 0 aromatic carbocycles. The molecule has 2 atom stereocenters. The lowest BCUT2D eigenvalue weighted by atomic mass is 10.1. The van der Waals surface area contributed by atoms with Crippen molar-refractivity contribution < 1.29 is 4.79 Å². The monoisotopic (exact) mass is 481 g/mol. The highest BCUT2D eigenvalue weighted by molar-refractivity contribution is 14.0. The van der Waals surface area contributed by atoms with Gasteiger partial charge in [0.05, 0.1) is 0 Å². The number of likely N-dealkylation sites (tertiary alicyclic amines) is 1. The van der Waals surface area contributed by atoms with Crippen LogP contribution in [0.2, 0.25) is 0 Å². The maximum Gasteiger partial charge on any atom is 0.243 e. The Morgan fingerprint density at radius 2 is 2.04 bits per heavy atom. The summed E-state index contributed by atoms with van der Waals surface area (Å²) in [6, 6.07) is 0.926. The fourth-order valence-corrected chi connectivity index (χ4v) is 3.20. The summed E-state index contributed by atoms with van der Waals surface area (Å²) < 4.78 is 0. The first-order chi connectivity index (χ1) is 12.0. The Labute approximate surface area is 177 Å². The molecule has 2 unspecified atom stereocenters. The predicted octanol–water partition coefficient (Wildman–Crippen LogP) is 2.68. The smallest absolute Gasteiger partial charge is 0.243 e. The molecule has 0 spiro atoms. The SMILES string of the molecule is CCCCCC(C)NC(=NCC(=O)N(C)C)NCC1CCCN1CC.I. The Bertz CT molecular complexity index is 417. The molecule has 0 aliphatic carbocycles. The van der Waals surface area contributed by atoms with Crippen molar-refractivity contribution >= 4 is 35.8 Å². The van der Waals surface area contributed by atoms with Gasteiger partial charge in [0.1, 0.15) is 6.54 Å². The summed E-state index contributed by atoms with van der Waals surface area (Å²) in [6.07, 6.45) is 7.35. The van der Waals surface area contributed by atoms with E-state index in [0.717, 1.165) is 25.5 Å². The topological polar surface area (TPSA) is 60.0 Å². The molecule has 1 aliphatic heterocycles. The zero-order valence-corrected chi connectivity index (χ0v) is 19.7. The first-order valence-electron chi connectivity index (χ1n) is 9.96. The molecule has 0 bridgehead atoms. The van der Waals surface area contributed by atoms with Gasteiger partial charge in [-0.3, -0.25) is 9.69 Å². The number of amides is 1. The number of hydrogen-bond donors (Lipinski definition) is 2. The third-order valence-electron chi connectivity index (χ3n) is 4.91. The van der Waals surface area contributed by atoms with Gasteiger partial charge in [-0.25, -0.2) is 4.99 Å². The minimum absolute atomic E-state index is 0. The zero-order valence-electron chi connectivity index (χ0n) is 17.4. The lowest BCUT2D eigenvalue weighted by molar-refractivity contribution is -0.127. The van der Waals surface area contributed by atoms with Crippen LogP contribution in [0.1, 0.15) is 59.3 Å². The minimum atomic E-state index is 0. The van der Waals surface area contributed by atoms with Crippen LogP contribution < -0.4 is 10.6 Å². The molecule has 1 rings (SSSR count). The third kappa shape index (κ3) is 9.94. The number of rotatable bonds is 10. The predicted molar refractivity (Wildman–Crippen MR) is 121 cm³/mol. The molecule has 7 heteroatoms. The quantitative estimate of drug-likeness (QED) is 0.218. The van der Waals surface area contributed by atoms with E-state index in [1.165, 1.54) is 38.6 Å². The number of unbranched alkanes of at least 4 members (excludes halogenated alkanes) is 2. The maximum atomic E-state index is 11.9. The number of hydrogen-bond acceptors (Lipinski definition) is 3. The summed E-state index contributed by atoms with van der Waals surface area (Å²) in [4.78, 5) is 20.5. The fraction of sp³-hybridized carbons (Fsp3) is 0.895. The van der Waals surface area contributed by atoms with Crippen LogP contribution in [0.5, 0.6) is 0 Å². The van der Waals surface area contributed by atoms with Gasteiger partial charge in [-0.2, -0.15) is 0 Å². The number of likely N-dealkylation sites (N-methyl/N-ethyl adjacent to an activating group) is 2. The first-order valence-corrected chi connectivity index (χ1v) is 9.96. The van der Waals surface area contributed by atoms with Crippen LogP contribution in [0.25, 0.3) is 0 Å². The van der Waals surface area contributed by atoms with Crippen LogP contribution in [0.15, 0.2) is 4.99 Å². The maximum absolute atomic E-state index is 11.9.